The average molecular weight is 578 g/mol. The van der Waals surface area contributed by atoms with Crippen LogP contribution in [0.2, 0.25) is 0 Å². The molecule has 4 aromatic carbocycles. The van der Waals surface area contributed by atoms with E-state index in [9.17, 15) is 14.7 Å². The number of aldehydes is 1. The number of aliphatic hydroxyl groups is 1. The smallest absolute Gasteiger partial charge is 0.274 e. The molecule has 0 spiro atoms. The Morgan fingerprint density at radius 1 is 1.05 bits per heavy atom. The van der Waals surface area contributed by atoms with E-state index in [0.717, 1.165) is 22.6 Å². The molecule has 2 heterocycles. The lowest BCUT2D eigenvalue weighted by Crippen LogP contribution is -2.45. The van der Waals surface area contributed by atoms with Gasteiger partial charge in [0, 0.05) is 30.9 Å². The molecule has 218 valence electrons. The summed E-state index contributed by atoms with van der Waals surface area (Å²) in [6.07, 6.45) is 3.03. The van der Waals surface area contributed by atoms with E-state index in [1.807, 2.05) is 74.5 Å². The van der Waals surface area contributed by atoms with Crippen LogP contribution in [-0.2, 0) is 5.60 Å². The fraction of sp³-hybridized carbons (Fsp3) is 0.229. The number of hydrogen-bond donors (Lipinski definition) is 1. The SMILES string of the molecule is CCOc1cccc(-n2cc(C(=O)N3CCC(O)(c4cc(C=O)c5ccccc5c4)CC3)nc2-c2ccc(C)cc2F)c1. The zero-order valence-electron chi connectivity index (χ0n) is 24.1. The Labute approximate surface area is 249 Å². The molecule has 0 unspecified atom stereocenters. The van der Waals surface area contributed by atoms with Gasteiger partial charge in [-0.3, -0.25) is 14.2 Å². The fourth-order valence-electron chi connectivity index (χ4n) is 5.80. The topological polar surface area (TPSA) is 84.7 Å². The zero-order chi connectivity index (χ0) is 30.1. The lowest BCUT2D eigenvalue weighted by atomic mass is 9.82. The molecule has 6 rings (SSSR count). The van der Waals surface area contributed by atoms with E-state index in [4.69, 9.17) is 4.74 Å². The van der Waals surface area contributed by atoms with Gasteiger partial charge in [-0.15, -0.1) is 0 Å². The molecule has 0 atom stereocenters. The first kappa shape index (κ1) is 28.3. The van der Waals surface area contributed by atoms with Gasteiger partial charge < -0.3 is 14.7 Å². The molecule has 1 saturated heterocycles. The van der Waals surface area contributed by atoms with Crippen LogP contribution < -0.4 is 4.74 Å². The highest BCUT2D eigenvalue weighted by molar-refractivity contribution is 5.98. The van der Waals surface area contributed by atoms with E-state index < -0.39 is 11.4 Å². The van der Waals surface area contributed by atoms with Gasteiger partial charge in [0.15, 0.2) is 6.29 Å². The van der Waals surface area contributed by atoms with Gasteiger partial charge in [0.1, 0.15) is 23.1 Å². The van der Waals surface area contributed by atoms with Crippen LogP contribution in [-0.4, -0.2) is 51.4 Å². The first-order valence-electron chi connectivity index (χ1n) is 14.4. The maximum atomic E-state index is 15.2. The summed E-state index contributed by atoms with van der Waals surface area (Å²) in [5.41, 5.74) is 1.92. The molecule has 8 heteroatoms. The third-order valence-corrected chi connectivity index (χ3v) is 8.13. The van der Waals surface area contributed by atoms with Crippen molar-refractivity contribution in [1.82, 2.24) is 14.5 Å². The van der Waals surface area contributed by atoms with Crippen molar-refractivity contribution in [3.8, 4) is 22.8 Å². The number of fused-ring (bicyclic) bond motifs is 1. The van der Waals surface area contributed by atoms with Crippen molar-refractivity contribution >= 4 is 23.0 Å². The number of carbonyl (C=O) groups excluding carboxylic acids is 2. The number of benzene rings is 4. The molecular weight excluding hydrogens is 545 g/mol. The molecule has 0 aliphatic carbocycles. The number of imidazole rings is 1. The Hall–Kier alpha value is -4.82. The normalized spacial score (nSPS) is 14.6. The van der Waals surface area contributed by atoms with Gasteiger partial charge in [0.2, 0.25) is 0 Å². The van der Waals surface area contributed by atoms with Crippen molar-refractivity contribution < 1.29 is 23.8 Å². The summed E-state index contributed by atoms with van der Waals surface area (Å²) in [6, 6.07) is 23.5. The first-order chi connectivity index (χ1) is 20.8. The number of halogens is 1. The van der Waals surface area contributed by atoms with Crippen molar-refractivity contribution in [3.05, 3.63) is 113 Å². The van der Waals surface area contributed by atoms with E-state index in [-0.39, 0.29) is 17.2 Å². The zero-order valence-corrected chi connectivity index (χ0v) is 24.1. The lowest BCUT2D eigenvalue weighted by molar-refractivity contribution is -0.0211. The quantitative estimate of drug-likeness (QED) is 0.224. The number of aryl methyl sites for hydroxylation is 1. The maximum absolute atomic E-state index is 15.2. The summed E-state index contributed by atoms with van der Waals surface area (Å²) >= 11 is 0. The lowest BCUT2D eigenvalue weighted by Gasteiger charge is -2.38. The highest BCUT2D eigenvalue weighted by atomic mass is 19.1. The van der Waals surface area contributed by atoms with Crippen LogP contribution in [0.15, 0.2) is 85.1 Å². The molecule has 1 aliphatic heterocycles. The summed E-state index contributed by atoms with van der Waals surface area (Å²) in [5, 5.41) is 13.3. The van der Waals surface area contributed by atoms with Gasteiger partial charge >= 0.3 is 0 Å². The van der Waals surface area contributed by atoms with E-state index in [0.29, 0.717) is 60.9 Å². The van der Waals surface area contributed by atoms with Gasteiger partial charge in [-0.1, -0.05) is 36.4 Å². The van der Waals surface area contributed by atoms with E-state index in [1.54, 1.807) is 27.8 Å². The molecule has 0 saturated carbocycles. The number of nitrogens with zero attached hydrogens (tertiary/aromatic N) is 3. The first-order valence-corrected chi connectivity index (χ1v) is 14.4. The third kappa shape index (κ3) is 5.42. The van der Waals surface area contributed by atoms with Crippen molar-refractivity contribution in [3.63, 3.8) is 0 Å². The molecule has 7 nitrogen and oxygen atoms in total. The molecule has 1 aromatic heterocycles. The number of rotatable bonds is 7. The standard InChI is InChI=1S/C35H32FN3O4/c1-3-43-28-9-6-8-27(20-28)39-21-32(37-33(39)30-12-11-23(2)17-31(30)36)34(41)38-15-13-35(42,14-16-38)26-18-24-7-4-5-10-29(24)25(19-26)22-40/h4-12,17-22,42H,3,13-16H2,1-2H3. The molecule has 1 fully saturated rings. The molecule has 0 radical (unpaired) electrons. The number of likely N-dealkylation sites (tertiary alicyclic amines) is 1. The molecule has 1 N–H and O–H groups in total. The fourth-order valence-corrected chi connectivity index (χ4v) is 5.80. The minimum atomic E-state index is -1.19. The summed E-state index contributed by atoms with van der Waals surface area (Å²) in [4.78, 5) is 31.9. The molecule has 1 aliphatic rings. The molecule has 5 aromatic rings. The van der Waals surface area contributed by atoms with Crippen LogP contribution >= 0.6 is 0 Å². The van der Waals surface area contributed by atoms with Crippen LogP contribution in [0.5, 0.6) is 5.75 Å². The highest BCUT2D eigenvalue weighted by Crippen LogP contribution is 2.36. The summed E-state index contributed by atoms with van der Waals surface area (Å²) in [5.74, 6) is 0.224. The van der Waals surface area contributed by atoms with Gasteiger partial charge in [-0.05, 0) is 85.0 Å². The monoisotopic (exact) mass is 577 g/mol. The molecular formula is C35H32FN3O4. The summed E-state index contributed by atoms with van der Waals surface area (Å²) in [7, 11) is 0. The second-order valence-electron chi connectivity index (χ2n) is 11.0. The van der Waals surface area contributed by atoms with Gasteiger partial charge in [0.25, 0.3) is 5.91 Å². The van der Waals surface area contributed by atoms with Gasteiger partial charge in [0.05, 0.1) is 23.5 Å². The second-order valence-corrected chi connectivity index (χ2v) is 11.0. The third-order valence-electron chi connectivity index (χ3n) is 8.13. The predicted octanol–water partition coefficient (Wildman–Crippen LogP) is 6.48. The van der Waals surface area contributed by atoms with Gasteiger partial charge in [-0.2, -0.15) is 0 Å². The number of aromatic nitrogens is 2. The van der Waals surface area contributed by atoms with Crippen molar-refractivity contribution in [2.75, 3.05) is 19.7 Å². The Bertz CT molecular complexity index is 1840. The van der Waals surface area contributed by atoms with Crippen LogP contribution in [0.1, 0.15) is 51.7 Å². The van der Waals surface area contributed by atoms with Crippen molar-refractivity contribution in [1.29, 1.82) is 0 Å². The molecule has 1 amide bonds. The minimum absolute atomic E-state index is 0.177. The number of ether oxygens (including phenoxy) is 1. The van der Waals surface area contributed by atoms with Crippen LogP contribution in [0.4, 0.5) is 4.39 Å². The van der Waals surface area contributed by atoms with E-state index in [2.05, 4.69) is 4.98 Å². The largest absolute Gasteiger partial charge is 0.494 e. The molecule has 0 bridgehead atoms. The van der Waals surface area contributed by atoms with E-state index in [1.165, 1.54) is 6.07 Å². The van der Waals surface area contributed by atoms with E-state index >= 15 is 4.39 Å². The predicted molar refractivity (Wildman–Crippen MR) is 163 cm³/mol. The summed E-state index contributed by atoms with van der Waals surface area (Å²) < 4.78 is 22.6. The average Bonchev–Trinajstić information content (AvgIpc) is 3.46. The van der Waals surface area contributed by atoms with Crippen molar-refractivity contribution in [2.45, 2.75) is 32.3 Å². The number of amides is 1. The van der Waals surface area contributed by atoms with Crippen LogP contribution in [0.3, 0.4) is 0 Å². The number of carbonyl (C=O) groups is 2. The Morgan fingerprint density at radius 2 is 1.84 bits per heavy atom. The Morgan fingerprint density at radius 3 is 2.58 bits per heavy atom. The summed E-state index contributed by atoms with van der Waals surface area (Å²) in [6.45, 7) is 4.79. The minimum Gasteiger partial charge on any atom is -0.494 e. The van der Waals surface area contributed by atoms with Crippen LogP contribution in [0.25, 0.3) is 27.8 Å². The maximum Gasteiger partial charge on any atom is 0.274 e. The van der Waals surface area contributed by atoms with Crippen LogP contribution in [0, 0.1) is 12.7 Å². The second kappa shape index (κ2) is 11.5. The van der Waals surface area contributed by atoms with Crippen molar-refractivity contribution in [2.24, 2.45) is 0 Å². The molecule has 43 heavy (non-hydrogen) atoms. The Kier molecular flexibility index (Phi) is 7.54. The van der Waals surface area contributed by atoms with Gasteiger partial charge in [-0.25, -0.2) is 9.37 Å². The highest BCUT2D eigenvalue weighted by Gasteiger charge is 2.37. The number of hydrogen-bond acceptors (Lipinski definition) is 5. The Balaban J connectivity index is 1.30. The number of piperidine rings is 1.